The number of amides is 1. The first-order valence-corrected chi connectivity index (χ1v) is 9.27. The highest BCUT2D eigenvalue weighted by Crippen LogP contribution is 2.19. The quantitative estimate of drug-likeness (QED) is 0.847. The molecule has 27 heavy (non-hydrogen) atoms. The van der Waals surface area contributed by atoms with E-state index in [1.165, 1.54) is 24.8 Å². The van der Waals surface area contributed by atoms with Crippen LogP contribution in [0.25, 0.3) is 0 Å². The smallest absolute Gasteiger partial charge is 0.255 e. The summed E-state index contributed by atoms with van der Waals surface area (Å²) < 4.78 is 18.6. The minimum Gasteiger partial charge on any atom is -0.494 e. The molecular formula is C21H26FN3O2. The Morgan fingerprint density at radius 3 is 2.33 bits per heavy atom. The summed E-state index contributed by atoms with van der Waals surface area (Å²) in [6.45, 7) is 8.61. The van der Waals surface area contributed by atoms with Gasteiger partial charge in [0.25, 0.3) is 5.91 Å². The van der Waals surface area contributed by atoms with E-state index in [0.29, 0.717) is 5.69 Å². The highest BCUT2D eigenvalue weighted by atomic mass is 19.1. The van der Waals surface area contributed by atoms with E-state index in [-0.39, 0.29) is 17.2 Å². The molecule has 0 aromatic heterocycles. The fourth-order valence-electron chi connectivity index (χ4n) is 3.23. The van der Waals surface area contributed by atoms with Crippen LogP contribution in [0, 0.1) is 5.82 Å². The molecule has 1 saturated heterocycles. The summed E-state index contributed by atoms with van der Waals surface area (Å²) in [5, 5.41) is 2.80. The van der Waals surface area contributed by atoms with Gasteiger partial charge in [-0.15, -0.1) is 0 Å². The molecule has 1 N–H and O–H groups in total. The first-order valence-electron chi connectivity index (χ1n) is 9.27. The molecule has 0 unspecified atom stereocenters. The number of nitrogens with one attached hydrogen (secondary N) is 1. The summed E-state index contributed by atoms with van der Waals surface area (Å²) in [6, 6.07) is 12.0. The van der Waals surface area contributed by atoms with Crippen molar-refractivity contribution in [3.8, 4) is 5.75 Å². The maximum absolute atomic E-state index is 13.8. The molecule has 0 spiro atoms. The molecule has 1 heterocycles. The second kappa shape index (κ2) is 8.97. The second-order valence-electron chi connectivity index (χ2n) is 6.71. The number of likely N-dealkylation sites (N-methyl/N-ethyl adjacent to an activating group) is 1. The Hall–Kier alpha value is -2.44. The van der Waals surface area contributed by atoms with Crippen molar-refractivity contribution in [3.05, 3.63) is 59.4 Å². The van der Waals surface area contributed by atoms with Gasteiger partial charge in [0.15, 0.2) is 11.6 Å². The van der Waals surface area contributed by atoms with Crippen LogP contribution in [0.4, 0.5) is 10.1 Å². The number of rotatable bonds is 6. The molecule has 0 bridgehead atoms. The van der Waals surface area contributed by atoms with Crippen LogP contribution in [0.3, 0.4) is 0 Å². The van der Waals surface area contributed by atoms with Gasteiger partial charge in [-0.05, 0) is 42.4 Å². The molecule has 144 valence electrons. The van der Waals surface area contributed by atoms with Gasteiger partial charge >= 0.3 is 0 Å². The number of ether oxygens (including phenoxy) is 1. The number of methoxy groups -OCH3 is 1. The van der Waals surface area contributed by atoms with Crippen molar-refractivity contribution in [2.45, 2.75) is 13.5 Å². The number of hydrogen-bond donors (Lipinski definition) is 1. The molecular weight excluding hydrogens is 345 g/mol. The SMILES string of the molecule is CCN1CCN(Cc2ccc(NC(=O)c3ccc(OC)c(F)c3)cc2)CC1. The average molecular weight is 371 g/mol. The molecule has 6 heteroatoms. The van der Waals surface area contributed by atoms with Gasteiger partial charge in [0.05, 0.1) is 7.11 Å². The van der Waals surface area contributed by atoms with E-state index in [9.17, 15) is 9.18 Å². The number of piperazine rings is 1. The summed E-state index contributed by atoms with van der Waals surface area (Å²) in [7, 11) is 1.39. The number of hydrogen-bond acceptors (Lipinski definition) is 4. The van der Waals surface area contributed by atoms with Crippen LogP contribution >= 0.6 is 0 Å². The van der Waals surface area contributed by atoms with Crippen LogP contribution in [-0.2, 0) is 6.54 Å². The maximum atomic E-state index is 13.8. The van der Waals surface area contributed by atoms with Gasteiger partial charge < -0.3 is 15.0 Å². The Kier molecular flexibility index (Phi) is 6.42. The fourth-order valence-corrected chi connectivity index (χ4v) is 3.23. The molecule has 2 aromatic carbocycles. The monoisotopic (exact) mass is 371 g/mol. The Morgan fingerprint density at radius 2 is 1.74 bits per heavy atom. The van der Waals surface area contributed by atoms with Gasteiger partial charge in [-0.2, -0.15) is 0 Å². The minimum absolute atomic E-state index is 0.121. The molecule has 1 fully saturated rings. The van der Waals surface area contributed by atoms with Gasteiger partial charge in [0, 0.05) is 44.0 Å². The first kappa shape index (κ1) is 19.3. The molecule has 3 rings (SSSR count). The lowest BCUT2D eigenvalue weighted by molar-refractivity contribution is 0.102. The van der Waals surface area contributed by atoms with Crippen molar-refractivity contribution < 1.29 is 13.9 Å². The van der Waals surface area contributed by atoms with E-state index in [1.54, 1.807) is 6.07 Å². The third-order valence-corrected chi connectivity index (χ3v) is 4.94. The summed E-state index contributed by atoms with van der Waals surface area (Å²) in [4.78, 5) is 17.2. The predicted octanol–water partition coefficient (Wildman–Crippen LogP) is 3.22. The number of benzene rings is 2. The average Bonchev–Trinajstić information content (AvgIpc) is 2.70. The number of halogens is 1. The Labute approximate surface area is 159 Å². The summed E-state index contributed by atoms with van der Waals surface area (Å²) in [6.07, 6.45) is 0. The first-order chi connectivity index (χ1) is 13.1. The van der Waals surface area contributed by atoms with Crippen molar-refractivity contribution >= 4 is 11.6 Å². The highest BCUT2D eigenvalue weighted by molar-refractivity contribution is 6.04. The lowest BCUT2D eigenvalue weighted by Crippen LogP contribution is -2.45. The standard InChI is InChI=1S/C21H26FN3O2/c1-3-24-10-12-25(13-11-24)15-16-4-7-18(8-5-16)23-21(26)17-6-9-20(27-2)19(22)14-17/h4-9,14H,3,10-13,15H2,1-2H3,(H,23,26). The van der Waals surface area contributed by atoms with Gasteiger partial charge in [0.1, 0.15) is 0 Å². The number of carbonyl (C=O) groups is 1. The molecule has 0 radical (unpaired) electrons. The molecule has 1 aliphatic rings. The molecule has 0 saturated carbocycles. The van der Waals surface area contributed by atoms with Crippen molar-refractivity contribution in [2.24, 2.45) is 0 Å². The van der Waals surface area contributed by atoms with E-state index < -0.39 is 5.82 Å². The Balaban J connectivity index is 1.56. The van der Waals surface area contributed by atoms with E-state index >= 15 is 0 Å². The van der Waals surface area contributed by atoms with E-state index in [4.69, 9.17) is 4.74 Å². The fraction of sp³-hybridized carbons (Fsp3) is 0.381. The van der Waals surface area contributed by atoms with Crippen LogP contribution in [0.1, 0.15) is 22.8 Å². The zero-order valence-corrected chi connectivity index (χ0v) is 15.9. The van der Waals surface area contributed by atoms with Gasteiger partial charge in [0.2, 0.25) is 0 Å². The maximum Gasteiger partial charge on any atom is 0.255 e. The zero-order valence-electron chi connectivity index (χ0n) is 15.9. The molecule has 5 nitrogen and oxygen atoms in total. The van der Waals surface area contributed by atoms with Gasteiger partial charge in [-0.3, -0.25) is 9.69 Å². The summed E-state index contributed by atoms with van der Waals surface area (Å²) in [5.74, 6) is -0.778. The van der Waals surface area contributed by atoms with Crippen molar-refractivity contribution in [1.82, 2.24) is 9.80 Å². The molecule has 2 aromatic rings. The van der Waals surface area contributed by atoms with E-state index in [2.05, 4.69) is 22.0 Å². The van der Waals surface area contributed by atoms with E-state index in [0.717, 1.165) is 39.3 Å². The summed E-state index contributed by atoms with van der Waals surface area (Å²) >= 11 is 0. The van der Waals surface area contributed by atoms with Crippen LogP contribution < -0.4 is 10.1 Å². The molecule has 0 atom stereocenters. The van der Waals surface area contributed by atoms with E-state index in [1.807, 2.05) is 24.3 Å². The topological polar surface area (TPSA) is 44.8 Å². The van der Waals surface area contributed by atoms with Crippen LogP contribution in [0.2, 0.25) is 0 Å². The highest BCUT2D eigenvalue weighted by Gasteiger charge is 2.15. The minimum atomic E-state index is -0.552. The van der Waals surface area contributed by atoms with Crippen molar-refractivity contribution in [3.63, 3.8) is 0 Å². The van der Waals surface area contributed by atoms with Crippen LogP contribution in [0.15, 0.2) is 42.5 Å². The molecule has 0 aliphatic carbocycles. The van der Waals surface area contributed by atoms with Crippen molar-refractivity contribution in [2.75, 3.05) is 45.2 Å². The second-order valence-corrected chi connectivity index (χ2v) is 6.71. The Bertz CT molecular complexity index is 771. The van der Waals surface area contributed by atoms with Crippen LogP contribution in [-0.4, -0.2) is 55.5 Å². The number of carbonyl (C=O) groups excluding carboxylic acids is 1. The lowest BCUT2D eigenvalue weighted by atomic mass is 10.1. The molecule has 1 amide bonds. The third kappa shape index (κ3) is 5.05. The largest absolute Gasteiger partial charge is 0.494 e. The Morgan fingerprint density at radius 1 is 1.07 bits per heavy atom. The zero-order chi connectivity index (χ0) is 19.2. The third-order valence-electron chi connectivity index (χ3n) is 4.94. The molecule has 1 aliphatic heterocycles. The number of anilines is 1. The van der Waals surface area contributed by atoms with Gasteiger partial charge in [-0.25, -0.2) is 4.39 Å². The predicted molar refractivity (Wildman–Crippen MR) is 105 cm³/mol. The number of nitrogens with zero attached hydrogens (tertiary/aromatic N) is 2. The van der Waals surface area contributed by atoms with Gasteiger partial charge in [-0.1, -0.05) is 19.1 Å². The lowest BCUT2D eigenvalue weighted by Gasteiger charge is -2.34. The van der Waals surface area contributed by atoms with Crippen LogP contribution in [0.5, 0.6) is 5.75 Å². The normalized spacial score (nSPS) is 15.5. The summed E-state index contributed by atoms with van der Waals surface area (Å²) in [5.41, 5.74) is 2.16. The van der Waals surface area contributed by atoms with Crippen molar-refractivity contribution in [1.29, 1.82) is 0 Å².